The van der Waals surface area contributed by atoms with Crippen LogP contribution in [0.15, 0.2) is 29.9 Å². The van der Waals surface area contributed by atoms with Crippen molar-refractivity contribution >= 4 is 5.71 Å². The molecule has 0 amide bonds. The van der Waals surface area contributed by atoms with Gasteiger partial charge in [0.15, 0.2) is 0 Å². The summed E-state index contributed by atoms with van der Waals surface area (Å²) in [5.74, 6) is 0. The molecule has 0 saturated carbocycles. The zero-order valence-corrected chi connectivity index (χ0v) is 6.09. The third-order valence-electron chi connectivity index (χ3n) is 0.978. The molecule has 0 atom stereocenters. The minimum Gasteiger partial charge on any atom is -0.262 e. The SMILES string of the molecule is C=C/N=C(/C=C\C)CC. The van der Waals surface area contributed by atoms with Crippen LogP contribution in [0.1, 0.15) is 20.3 Å². The summed E-state index contributed by atoms with van der Waals surface area (Å²) >= 11 is 0. The summed E-state index contributed by atoms with van der Waals surface area (Å²) in [7, 11) is 0. The molecule has 0 bridgehead atoms. The number of nitrogens with zero attached hydrogens (tertiary/aromatic N) is 1. The van der Waals surface area contributed by atoms with Crippen LogP contribution in [0.3, 0.4) is 0 Å². The summed E-state index contributed by atoms with van der Waals surface area (Å²) in [6.07, 6.45) is 6.50. The summed E-state index contributed by atoms with van der Waals surface area (Å²) < 4.78 is 0. The molecule has 0 fully saturated rings. The van der Waals surface area contributed by atoms with Crippen molar-refractivity contribution in [3.63, 3.8) is 0 Å². The monoisotopic (exact) mass is 123 g/mol. The molecular weight excluding hydrogens is 110 g/mol. The van der Waals surface area contributed by atoms with Crippen molar-refractivity contribution in [3.05, 3.63) is 24.9 Å². The molecule has 0 aliphatic heterocycles. The Hall–Kier alpha value is -0.850. The standard InChI is InChI=1S/C8H13N/c1-4-7-8(5-2)9-6-3/h4,6-7H,3,5H2,1-2H3/b7-4-,9-8+. The van der Waals surface area contributed by atoms with E-state index >= 15 is 0 Å². The first-order valence-electron chi connectivity index (χ1n) is 3.15. The van der Waals surface area contributed by atoms with Gasteiger partial charge in [0.1, 0.15) is 0 Å². The average molecular weight is 123 g/mol. The number of rotatable bonds is 3. The fraction of sp³-hybridized carbons (Fsp3) is 0.375. The highest BCUT2D eigenvalue weighted by atomic mass is 14.7. The first-order valence-corrected chi connectivity index (χ1v) is 3.15. The lowest BCUT2D eigenvalue weighted by atomic mass is 10.3. The molecule has 0 spiro atoms. The van der Waals surface area contributed by atoms with Crippen LogP contribution in [0.2, 0.25) is 0 Å². The van der Waals surface area contributed by atoms with E-state index in [2.05, 4.69) is 18.5 Å². The van der Waals surface area contributed by atoms with E-state index in [0.717, 1.165) is 12.1 Å². The maximum absolute atomic E-state index is 4.03. The maximum atomic E-state index is 4.03. The predicted octanol–water partition coefficient (Wildman–Crippen LogP) is 2.56. The van der Waals surface area contributed by atoms with Gasteiger partial charge in [0.2, 0.25) is 0 Å². The number of hydrogen-bond donors (Lipinski definition) is 0. The van der Waals surface area contributed by atoms with Gasteiger partial charge in [0.05, 0.1) is 0 Å². The Morgan fingerprint density at radius 2 is 2.33 bits per heavy atom. The van der Waals surface area contributed by atoms with Crippen LogP contribution in [0.5, 0.6) is 0 Å². The van der Waals surface area contributed by atoms with Crippen LogP contribution in [0.25, 0.3) is 0 Å². The average Bonchev–Trinajstić information content (AvgIpc) is 1.88. The maximum Gasteiger partial charge on any atom is 0.0397 e. The number of aliphatic imine (C=N–C) groups is 1. The quantitative estimate of drug-likeness (QED) is 0.511. The van der Waals surface area contributed by atoms with Crippen molar-refractivity contribution in [1.29, 1.82) is 0 Å². The van der Waals surface area contributed by atoms with Crippen molar-refractivity contribution in [2.24, 2.45) is 4.99 Å². The van der Waals surface area contributed by atoms with Crippen molar-refractivity contribution in [3.8, 4) is 0 Å². The summed E-state index contributed by atoms with van der Waals surface area (Å²) in [6.45, 7) is 7.56. The van der Waals surface area contributed by atoms with Crippen LogP contribution in [-0.4, -0.2) is 5.71 Å². The van der Waals surface area contributed by atoms with Crippen molar-refractivity contribution in [2.45, 2.75) is 20.3 Å². The third kappa shape index (κ3) is 3.71. The zero-order valence-electron chi connectivity index (χ0n) is 6.09. The van der Waals surface area contributed by atoms with Crippen LogP contribution in [0.4, 0.5) is 0 Å². The fourth-order valence-corrected chi connectivity index (χ4v) is 0.562. The molecule has 0 N–H and O–H groups in total. The van der Waals surface area contributed by atoms with E-state index < -0.39 is 0 Å². The molecule has 0 aliphatic rings. The Balaban J connectivity index is 3.96. The van der Waals surface area contributed by atoms with E-state index in [-0.39, 0.29) is 0 Å². The number of allylic oxidation sites excluding steroid dienone is 2. The third-order valence-corrected chi connectivity index (χ3v) is 0.978. The van der Waals surface area contributed by atoms with Crippen LogP contribution >= 0.6 is 0 Å². The van der Waals surface area contributed by atoms with Gasteiger partial charge in [-0.1, -0.05) is 19.6 Å². The van der Waals surface area contributed by atoms with Crippen LogP contribution < -0.4 is 0 Å². The fourth-order valence-electron chi connectivity index (χ4n) is 0.562. The largest absolute Gasteiger partial charge is 0.262 e. The van der Waals surface area contributed by atoms with Gasteiger partial charge in [0.25, 0.3) is 0 Å². The van der Waals surface area contributed by atoms with Gasteiger partial charge < -0.3 is 0 Å². The lowest BCUT2D eigenvalue weighted by Crippen LogP contribution is -1.87. The lowest BCUT2D eigenvalue weighted by molar-refractivity contribution is 1.28. The van der Waals surface area contributed by atoms with E-state index in [1.807, 2.05) is 19.1 Å². The second-order valence-corrected chi connectivity index (χ2v) is 1.66. The zero-order chi connectivity index (χ0) is 7.11. The van der Waals surface area contributed by atoms with Gasteiger partial charge in [-0.3, -0.25) is 4.99 Å². The van der Waals surface area contributed by atoms with Gasteiger partial charge in [-0.05, 0) is 19.4 Å². The highest BCUT2D eigenvalue weighted by molar-refractivity contribution is 5.94. The Labute approximate surface area is 56.8 Å². The molecule has 0 aliphatic carbocycles. The molecule has 0 aromatic carbocycles. The van der Waals surface area contributed by atoms with Crippen molar-refractivity contribution in [2.75, 3.05) is 0 Å². The normalized spacial score (nSPS) is 12.4. The topological polar surface area (TPSA) is 12.4 Å². The van der Waals surface area contributed by atoms with E-state index in [1.165, 1.54) is 0 Å². The molecule has 9 heavy (non-hydrogen) atoms. The van der Waals surface area contributed by atoms with Crippen molar-refractivity contribution in [1.82, 2.24) is 0 Å². The minimum atomic E-state index is 0.969. The van der Waals surface area contributed by atoms with E-state index in [0.29, 0.717) is 0 Å². The smallest absolute Gasteiger partial charge is 0.0397 e. The summed E-state index contributed by atoms with van der Waals surface area (Å²) in [4.78, 5) is 4.03. The summed E-state index contributed by atoms with van der Waals surface area (Å²) in [5.41, 5.74) is 1.08. The Morgan fingerprint density at radius 1 is 1.67 bits per heavy atom. The van der Waals surface area contributed by atoms with E-state index in [1.54, 1.807) is 6.20 Å². The molecule has 1 nitrogen and oxygen atoms in total. The Bertz CT molecular complexity index is 132. The minimum absolute atomic E-state index is 0.969. The van der Waals surface area contributed by atoms with Gasteiger partial charge in [-0.2, -0.15) is 0 Å². The molecule has 0 unspecified atom stereocenters. The highest BCUT2D eigenvalue weighted by Crippen LogP contribution is 1.88. The molecule has 0 saturated heterocycles. The molecule has 0 aromatic rings. The molecule has 0 rings (SSSR count). The summed E-state index contributed by atoms with van der Waals surface area (Å²) in [6, 6.07) is 0. The molecular formula is C8H13N. The Morgan fingerprint density at radius 3 is 2.67 bits per heavy atom. The second kappa shape index (κ2) is 5.29. The molecule has 1 heteroatoms. The first kappa shape index (κ1) is 8.15. The van der Waals surface area contributed by atoms with Crippen LogP contribution in [0, 0.1) is 0 Å². The molecule has 0 radical (unpaired) electrons. The predicted molar refractivity (Wildman–Crippen MR) is 42.7 cm³/mol. The van der Waals surface area contributed by atoms with Gasteiger partial charge in [0, 0.05) is 11.9 Å². The second-order valence-electron chi connectivity index (χ2n) is 1.66. The van der Waals surface area contributed by atoms with Gasteiger partial charge in [-0.25, -0.2) is 0 Å². The number of hydrogen-bond acceptors (Lipinski definition) is 1. The Kier molecular flexibility index (Phi) is 4.79. The summed E-state index contributed by atoms with van der Waals surface area (Å²) in [5, 5.41) is 0. The highest BCUT2D eigenvalue weighted by Gasteiger charge is 1.83. The van der Waals surface area contributed by atoms with Crippen molar-refractivity contribution < 1.29 is 0 Å². The first-order chi connectivity index (χ1) is 4.35. The molecule has 0 aromatic heterocycles. The van der Waals surface area contributed by atoms with E-state index in [4.69, 9.17) is 0 Å². The van der Waals surface area contributed by atoms with E-state index in [9.17, 15) is 0 Å². The van der Waals surface area contributed by atoms with Gasteiger partial charge >= 0.3 is 0 Å². The van der Waals surface area contributed by atoms with Crippen LogP contribution in [-0.2, 0) is 0 Å². The molecule has 0 heterocycles. The molecule has 50 valence electrons. The van der Waals surface area contributed by atoms with Gasteiger partial charge in [-0.15, -0.1) is 0 Å². The lowest BCUT2D eigenvalue weighted by Gasteiger charge is -1.89.